The maximum Gasteiger partial charge on any atom is 0.254 e. The van der Waals surface area contributed by atoms with Crippen molar-refractivity contribution in [2.24, 2.45) is 0 Å². The first-order chi connectivity index (χ1) is 15.6. The lowest BCUT2D eigenvalue weighted by Gasteiger charge is -2.34. The fraction of sp³-hybridized carbons (Fsp3) is 0.273. The van der Waals surface area contributed by atoms with Gasteiger partial charge in [-0.15, -0.1) is 5.10 Å². The molecule has 1 saturated heterocycles. The Bertz CT molecular complexity index is 1260. The van der Waals surface area contributed by atoms with E-state index in [0.29, 0.717) is 31.7 Å². The van der Waals surface area contributed by atoms with Gasteiger partial charge in [0.05, 0.1) is 11.0 Å². The average molecular weight is 430 g/mol. The molecule has 32 heavy (non-hydrogen) atoms. The maximum absolute atomic E-state index is 13.1. The van der Waals surface area contributed by atoms with Crippen LogP contribution in [0.1, 0.15) is 16.2 Å². The molecule has 0 radical (unpaired) electrons. The predicted octanol–water partition coefficient (Wildman–Crippen LogP) is 1.31. The van der Waals surface area contributed by atoms with Crippen molar-refractivity contribution in [1.29, 1.82) is 0 Å². The Balaban J connectivity index is 1.29. The number of fused-ring (bicyclic) bond motifs is 1. The van der Waals surface area contributed by atoms with Gasteiger partial charge in [-0.2, -0.15) is 0 Å². The van der Waals surface area contributed by atoms with E-state index in [0.717, 1.165) is 22.5 Å². The van der Waals surface area contributed by atoms with Gasteiger partial charge in [0.25, 0.3) is 5.91 Å². The van der Waals surface area contributed by atoms with Crippen LogP contribution in [0.5, 0.6) is 0 Å². The van der Waals surface area contributed by atoms with Crippen molar-refractivity contribution in [3.8, 4) is 5.69 Å². The first-order valence-corrected chi connectivity index (χ1v) is 10.4. The smallest absolute Gasteiger partial charge is 0.254 e. The largest absolute Gasteiger partial charge is 0.338 e. The van der Waals surface area contributed by atoms with Crippen LogP contribution < -0.4 is 0 Å². The second-order valence-electron chi connectivity index (χ2n) is 7.71. The van der Waals surface area contributed by atoms with Gasteiger partial charge in [0.1, 0.15) is 18.7 Å². The van der Waals surface area contributed by atoms with Gasteiger partial charge in [-0.1, -0.05) is 18.2 Å². The number of piperazine rings is 1. The summed E-state index contributed by atoms with van der Waals surface area (Å²) in [5, 5.41) is 10.8. The van der Waals surface area contributed by atoms with E-state index >= 15 is 0 Å². The molecule has 2 aromatic heterocycles. The summed E-state index contributed by atoms with van der Waals surface area (Å²) in [7, 11) is 0. The zero-order valence-electron chi connectivity index (χ0n) is 17.6. The highest BCUT2D eigenvalue weighted by Crippen LogP contribution is 2.23. The predicted molar refractivity (Wildman–Crippen MR) is 116 cm³/mol. The fourth-order valence-corrected chi connectivity index (χ4v) is 4.07. The zero-order valence-corrected chi connectivity index (χ0v) is 17.6. The van der Waals surface area contributed by atoms with E-state index < -0.39 is 0 Å². The summed E-state index contributed by atoms with van der Waals surface area (Å²) in [6.45, 7) is 3.99. The first-order valence-electron chi connectivity index (χ1n) is 10.4. The normalized spacial score (nSPS) is 14.2. The quantitative estimate of drug-likeness (QED) is 0.484. The van der Waals surface area contributed by atoms with Crippen molar-refractivity contribution < 1.29 is 9.59 Å². The number of para-hydroxylation sites is 1. The summed E-state index contributed by atoms with van der Waals surface area (Å²) in [6, 6.07) is 15.7. The fourth-order valence-electron chi connectivity index (χ4n) is 4.07. The topological polar surface area (TPSA) is 102 Å². The summed E-state index contributed by atoms with van der Waals surface area (Å²) in [6.07, 6.45) is 1.41. The highest BCUT2D eigenvalue weighted by molar-refractivity contribution is 5.97. The third kappa shape index (κ3) is 3.70. The number of aryl methyl sites for hydroxylation is 1. The molecule has 0 bridgehead atoms. The molecular formula is C22H22N8O2. The molecule has 0 spiro atoms. The molecule has 1 fully saturated rings. The van der Waals surface area contributed by atoms with Crippen molar-refractivity contribution in [1.82, 2.24) is 39.6 Å². The maximum atomic E-state index is 13.1. The molecule has 3 heterocycles. The highest BCUT2D eigenvalue weighted by Gasteiger charge is 2.25. The molecule has 5 rings (SSSR count). The van der Waals surface area contributed by atoms with E-state index in [1.165, 1.54) is 11.0 Å². The number of hydrogen-bond acceptors (Lipinski definition) is 6. The Morgan fingerprint density at radius 3 is 2.44 bits per heavy atom. The summed E-state index contributed by atoms with van der Waals surface area (Å²) >= 11 is 0. The number of carbonyl (C=O) groups excluding carboxylic acids is 2. The Kier molecular flexibility index (Phi) is 5.10. The average Bonchev–Trinajstić information content (AvgIpc) is 3.45. The number of aromatic nitrogens is 6. The Labute approximate surface area is 184 Å². The summed E-state index contributed by atoms with van der Waals surface area (Å²) < 4.78 is 3.48. The number of benzene rings is 2. The van der Waals surface area contributed by atoms with E-state index in [-0.39, 0.29) is 18.4 Å². The molecule has 4 aromatic rings. The number of rotatable bonds is 4. The minimum absolute atomic E-state index is 0.0496. The van der Waals surface area contributed by atoms with Crippen LogP contribution in [0.15, 0.2) is 54.9 Å². The molecule has 0 saturated carbocycles. The van der Waals surface area contributed by atoms with Crippen molar-refractivity contribution in [2.45, 2.75) is 13.5 Å². The second kappa shape index (κ2) is 8.22. The molecule has 10 nitrogen and oxygen atoms in total. The van der Waals surface area contributed by atoms with Gasteiger partial charge >= 0.3 is 0 Å². The minimum atomic E-state index is -0.0623. The number of nitrogens with zero attached hydrogens (tertiary/aromatic N) is 8. The van der Waals surface area contributed by atoms with Gasteiger partial charge < -0.3 is 9.80 Å². The molecule has 2 amide bonds. The molecule has 2 aromatic carbocycles. The molecule has 0 atom stereocenters. The van der Waals surface area contributed by atoms with E-state index in [4.69, 9.17) is 0 Å². The molecule has 0 N–H and O–H groups in total. The van der Waals surface area contributed by atoms with E-state index in [1.54, 1.807) is 9.80 Å². The number of tetrazole rings is 1. The molecule has 0 unspecified atom stereocenters. The molecule has 10 heteroatoms. The standard InChI is InChI=1S/C22H22N8O2/c1-16-24-19-13-17(7-8-20(19)30(16)18-5-3-2-4-6-18)22(32)28-11-9-27(10-12-28)21(31)14-29-15-23-25-26-29/h2-8,13,15H,9-12,14H2,1H3. The monoisotopic (exact) mass is 430 g/mol. The van der Waals surface area contributed by atoms with Crippen molar-refractivity contribution in [2.75, 3.05) is 26.2 Å². The zero-order chi connectivity index (χ0) is 22.1. The lowest BCUT2D eigenvalue weighted by atomic mass is 10.1. The molecule has 0 aliphatic carbocycles. The van der Waals surface area contributed by atoms with E-state index in [9.17, 15) is 9.59 Å². The Hall–Kier alpha value is -4.08. The van der Waals surface area contributed by atoms with Gasteiger partial charge in [-0.05, 0) is 47.7 Å². The number of hydrogen-bond donors (Lipinski definition) is 0. The lowest BCUT2D eigenvalue weighted by Crippen LogP contribution is -2.51. The third-order valence-corrected chi connectivity index (χ3v) is 5.69. The van der Waals surface area contributed by atoms with Crippen LogP contribution >= 0.6 is 0 Å². The van der Waals surface area contributed by atoms with Crippen molar-refractivity contribution in [3.05, 3.63) is 66.2 Å². The second-order valence-corrected chi connectivity index (χ2v) is 7.71. The minimum Gasteiger partial charge on any atom is -0.338 e. The van der Waals surface area contributed by atoms with E-state index in [1.807, 2.05) is 55.5 Å². The van der Waals surface area contributed by atoms with Crippen LogP contribution in [-0.2, 0) is 11.3 Å². The highest BCUT2D eigenvalue weighted by atomic mass is 16.2. The van der Waals surface area contributed by atoms with E-state index in [2.05, 4.69) is 25.1 Å². The van der Waals surface area contributed by atoms with Crippen LogP contribution in [0.25, 0.3) is 16.7 Å². The van der Waals surface area contributed by atoms with Gasteiger partial charge in [-0.3, -0.25) is 14.2 Å². The third-order valence-electron chi connectivity index (χ3n) is 5.69. The van der Waals surface area contributed by atoms with Gasteiger partial charge in [0.2, 0.25) is 5.91 Å². The van der Waals surface area contributed by atoms with Crippen LogP contribution in [0, 0.1) is 6.92 Å². The molecule has 1 aliphatic rings. The van der Waals surface area contributed by atoms with Crippen LogP contribution in [0.4, 0.5) is 0 Å². The first kappa shape index (κ1) is 19.9. The number of carbonyl (C=O) groups is 2. The Morgan fingerprint density at radius 2 is 1.72 bits per heavy atom. The molecular weight excluding hydrogens is 408 g/mol. The van der Waals surface area contributed by atoms with Crippen molar-refractivity contribution in [3.63, 3.8) is 0 Å². The van der Waals surface area contributed by atoms with Crippen LogP contribution in [0.3, 0.4) is 0 Å². The van der Waals surface area contributed by atoms with Crippen molar-refractivity contribution >= 4 is 22.8 Å². The summed E-state index contributed by atoms with van der Waals surface area (Å²) in [4.78, 5) is 33.7. The SMILES string of the molecule is Cc1nc2cc(C(=O)N3CCN(C(=O)Cn4cnnn4)CC3)ccc2n1-c1ccccc1. The lowest BCUT2D eigenvalue weighted by molar-refractivity contribution is -0.133. The molecule has 162 valence electrons. The molecule has 1 aliphatic heterocycles. The van der Waals surface area contributed by atoms with Gasteiger partial charge in [0.15, 0.2) is 0 Å². The number of amides is 2. The summed E-state index contributed by atoms with van der Waals surface area (Å²) in [5.74, 6) is 0.754. The van der Waals surface area contributed by atoms with Crippen LogP contribution in [0.2, 0.25) is 0 Å². The van der Waals surface area contributed by atoms with Gasteiger partial charge in [0, 0.05) is 37.4 Å². The van der Waals surface area contributed by atoms with Gasteiger partial charge in [-0.25, -0.2) is 9.67 Å². The number of imidazole rings is 1. The summed E-state index contributed by atoms with van der Waals surface area (Å²) in [5.41, 5.74) is 3.38. The van der Waals surface area contributed by atoms with Crippen LogP contribution in [-0.4, -0.2) is 77.6 Å². The Morgan fingerprint density at radius 1 is 0.969 bits per heavy atom.